The maximum atomic E-state index is 12.6. The summed E-state index contributed by atoms with van der Waals surface area (Å²) in [7, 11) is 0. The molecule has 0 radical (unpaired) electrons. The first-order valence-corrected chi connectivity index (χ1v) is 9.95. The molecular weight excluding hydrogens is 400 g/mol. The Morgan fingerprint density at radius 1 is 1.00 bits per heavy atom. The van der Waals surface area contributed by atoms with E-state index in [-0.39, 0.29) is 24.5 Å². The molecule has 0 heterocycles. The number of aryl methyl sites for hydroxylation is 1. The van der Waals surface area contributed by atoms with Crippen LogP contribution < -0.4 is 15.4 Å². The molecule has 3 aromatic rings. The number of benzene rings is 3. The zero-order chi connectivity index (χ0) is 21.5. The predicted molar refractivity (Wildman–Crippen MR) is 119 cm³/mol. The summed E-state index contributed by atoms with van der Waals surface area (Å²) in [6, 6.07) is 21.6. The molecular formula is C24H23ClN2O3. The molecule has 0 bridgehead atoms. The molecule has 0 spiro atoms. The molecule has 0 saturated heterocycles. The summed E-state index contributed by atoms with van der Waals surface area (Å²) in [6.07, 6.45) is 0. The van der Waals surface area contributed by atoms with Gasteiger partial charge in [0.25, 0.3) is 11.8 Å². The van der Waals surface area contributed by atoms with Crippen LogP contribution in [0.2, 0.25) is 5.02 Å². The van der Waals surface area contributed by atoms with Gasteiger partial charge in [-0.25, -0.2) is 0 Å². The lowest BCUT2D eigenvalue weighted by molar-refractivity contribution is -0.118. The Balaban J connectivity index is 1.57. The van der Waals surface area contributed by atoms with Gasteiger partial charge in [-0.3, -0.25) is 9.59 Å². The third-order valence-corrected chi connectivity index (χ3v) is 4.98. The van der Waals surface area contributed by atoms with Gasteiger partial charge in [-0.1, -0.05) is 48.0 Å². The van der Waals surface area contributed by atoms with E-state index in [0.29, 0.717) is 22.0 Å². The largest absolute Gasteiger partial charge is 0.484 e. The van der Waals surface area contributed by atoms with E-state index in [1.807, 2.05) is 44.2 Å². The summed E-state index contributed by atoms with van der Waals surface area (Å²) in [6.45, 7) is 3.64. The van der Waals surface area contributed by atoms with Crippen molar-refractivity contribution in [3.8, 4) is 5.75 Å². The van der Waals surface area contributed by atoms with Crippen LogP contribution in [0.4, 0.5) is 5.69 Å². The lowest BCUT2D eigenvalue weighted by Gasteiger charge is -2.15. The van der Waals surface area contributed by atoms with E-state index < -0.39 is 0 Å². The number of carbonyl (C=O) groups excluding carboxylic acids is 2. The highest BCUT2D eigenvalue weighted by Crippen LogP contribution is 2.21. The number of amides is 2. The van der Waals surface area contributed by atoms with E-state index in [1.165, 1.54) is 0 Å². The molecule has 1 unspecified atom stereocenters. The first-order chi connectivity index (χ1) is 14.4. The average molecular weight is 423 g/mol. The third kappa shape index (κ3) is 5.84. The highest BCUT2D eigenvalue weighted by atomic mass is 35.5. The minimum atomic E-state index is -0.321. The summed E-state index contributed by atoms with van der Waals surface area (Å²) in [5.74, 6) is 0.0308. The number of nitrogens with one attached hydrogen (secondary N) is 2. The Labute approximate surface area is 181 Å². The minimum absolute atomic E-state index is 0.131. The molecule has 0 fully saturated rings. The molecule has 0 aliphatic heterocycles. The third-order valence-electron chi connectivity index (χ3n) is 4.56. The maximum absolute atomic E-state index is 12.6. The van der Waals surface area contributed by atoms with Crippen molar-refractivity contribution in [3.63, 3.8) is 0 Å². The van der Waals surface area contributed by atoms with E-state index in [9.17, 15) is 9.59 Å². The molecule has 0 aliphatic rings. The average Bonchev–Trinajstić information content (AvgIpc) is 2.75. The molecule has 2 amide bonds. The number of carbonyl (C=O) groups is 2. The van der Waals surface area contributed by atoms with Gasteiger partial charge in [0.05, 0.1) is 6.04 Å². The molecule has 3 rings (SSSR count). The quantitative estimate of drug-likeness (QED) is 0.552. The van der Waals surface area contributed by atoms with Gasteiger partial charge in [-0.15, -0.1) is 0 Å². The number of hydrogen-bond acceptors (Lipinski definition) is 3. The molecule has 1 atom stereocenters. The van der Waals surface area contributed by atoms with Gasteiger partial charge in [-0.2, -0.15) is 0 Å². The topological polar surface area (TPSA) is 67.4 Å². The molecule has 6 heteroatoms. The first-order valence-electron chi connectivity index (χ1n) is 9.57. The lowest BCUT2D eigenvalue weighted by atomic mass is 10.1. The van der Waals surface area contributed by atoms with Crippen LogP contribution in [0.15, 0.2) is 72.8 Å². The predicted octanol–water partition coefficient (Wildman–Crippen LogP) is 5.16. The van der Waals surface area contributed by atoms with Gasteiger partial charge >= 0.3 is 0 Å². The monoisotopic (exact) mass is 422 g/mol. The fourth-order valence-corrected chi connectivity index (χ4v) is 3.01. The van der Waals surface area contributed by atoms with Gasteiger partial charge in [0, 0.05) is 16.3 Å². The maximum Gasteiger partial charge on any atom is 0.262 e. The van der Waals surface area contributed by atoms with E-state index in [2.05, 4.69) is 10.6 Å². The lowest BCUT2D eigenvalue weighted by Crippen LogP contribution is -2.27. The highest BCUT2D eigenvalue weighted by molar-refractivity contribution is 6.31. The van der Waals surface area contributed by atoms with Gasteiger partial charge in [-0.05, 0) is 61.4 Å². The second kappa shape index (κ2) is 9.94. The van der Waals surface area contributed by atoms with Crippen molar-refractivity contribution in [2.45, 2.75) is 19.9 Å². The Morgan fingerprint density at radius 2 is 1.77 bits per heavy atom. The molecule has 3 aromatic carbocycles. The van der Waals surface area contributed by atoms with Crippen LogP contribution in [-0.4, -0.2) is 18.4 Å². The zero-order valence-corrected chi connectivity index (χ0v) is 17.6. The number of ether oxygens (including phenoxy) is 1. The van der Waals surface area contributed by atoms with Crippen LogP contribution in [0.1, 0.15) is 34.5 Å². The highest BCUT2D eigenvalue weighted by Gasteiger charge is 2.12. The molecule has 154 valence electrons. The number of anilines is 1. The molecule has 0 aromatic heterocycles. The summed E-state index contributed by atoms with van der Waals surface area (Å²) in [5, 5.41) is 6.35. The van der Waals surface area contributed by atoms with Crippen molar-refractivity contribution in [1.29, 1.82) is 0 Å². The van der Waals surface area contributed by atoms with Gasteiger partial charge < -0.3 is 15.4 Å². The van der Waals surface area contributed by atoms with Crippen molar-refractivity contribution in [2.24, 2.45) is 0 Å². The van der Waals surface area contributed by atoms with Crippen LogP contribution in [0, 0.1) is 6.92 Å². The summed E-state index contributed by atoms with van der Waals surface area (Å²) >= 11 is 5.99. The number of rotatable bonds is 7. The molecule has 5 nitrogen and oxygen atoms in total. The second-order valence-electron chi connectivity index (χ2n) is 6.93. The van der Waals surface area contributed by atoms with Crippen molar-refractivity contribution in [2.75, 3.05) is 11.9 Å². The van der Waals surface area contributed by atoms with Crippen LogP contribution in [0.25, 0.3) is 0 Å². The fraction of sp³-hybridized carbons (Fsp3) is 0.167. The SMILES string of the molecule is Cc1cc(OCC(=O)Nc2cccc(C(=O)NC(C)c3ccccc3)c2)ccc1Cl. The molecule has 30 heavy (non-hydrogen) atoms. The van der Waals surface area contributed by atoms with E-state index in [1.54, 1.807) is 42.5 Å². The number of halogens is 1. The van der Waals surface area contributed by atoms with Gasteiger partial charge in [0.15, 0.2) is 6.61 Å². The minimum Gasteiger partial charge on any atom is -0.484 e. The van der Waals surface area contributed by atoms with Crippen molar-refractivity contribution < 1.29 is 14.3 Å². The normalized spacial score (nSPS) is 11.4. The fourth-order valence-electron chi connectivity index (χ4n) is 2.90. The van der Waals surface area contributed by atoms with Gasteiger partial charge in [0.1, 0.15) is 5.75 Å². The summed E-state index contributed by atoms with van der Waals surface area (Å²) in [5.41, 5.74) is 2.88. The summed E-state index contributed by atoms with van der Waals surface area (Å²) < 4.78 is 5.51. The van der Waals surface area contributed by atoms with Crippen molar-refractivity contribution >= 4 is 29.1 Å². The van der Waals surface area contributed by atoms with E-state index in [0.717, 1.165) is 11.1 Å². The van der Waals surface area contributed by atoms with Crippen LogP contribution >= 0.6 is 11.6 Å². The Hall–Kier alpha value is -3.31. The van der Waals surface area contributed by atoms with E-state index >= 15 is 0 Å². The van der Waals surface area contributed by atoms with Crippen LogP contribution in [0.3, 0.4) is 0 Å². The number of hydrogen-bond donors (Lipinski definition) is 2. The Kier molecular flexibility index (Phi) is 7.09. The Bertz CT molecular complexity index is 1040. The standard InChI is InChI=1S/C24H23ClN2O3/c1-16-13-21(11-12-22(16)25)30-15-23(28)27-20-10-6-9-19(14-20)24(29)26-17(2)18-7-4-3-5-8-18/h3-14,17H,15H2,1-2H3,(H,26,29)(H,27,28). The second-order valence-corrected chi connectivity index (χ2v) is 7.34. The van der Waals surface area contributed by atoms with Crippen LogP contribution in [-0.2, 0) is 4.79 Å². The van der Waals surface area contributed by atoms with Crippen molar-refractivity contribution in [1.82, 2.24) is 5.32 Å². The van der Waals surface area contributed by atoms with Crippen LogP contribution in [0.5, 0.6) is 5.75 Å². The Morgan fingerprint density at radius 3 is 2.50 bits per heavy atom. The molecule has 2 N–H and O–H groups in total. The van der Waals surface area contributed by atoms with Crippen molar-refractivity contribution in [3.05, 3.63) is 94.5 Å². The van der Waals surface area contributed by atoms with Gasteiger partial charge in [0.2, 0.25) is 0 Å². The smallest absolute Gasteiger partial charge is 0.262 e. The summed E-state index contributed by atoms with van der Waals surface area (Å²) in [4.78, 5) is 24.8. The molecule has 0 saturated carbocycles. The first kappa shape index (κ1) is 21.4. The zero-order valence-electron chi connectivity index (χ0n) is 16.8. The molecule has 0 aliphatic carbocycles. The van der Waals surface area contributed by atoms with E-state index in [4.69, 9.17) is 16.3 Å².